The van der Waals surface area contributed by atoms with Crippen LogP contribution >= 0.6 is 0 Å². The van der Waals surface area contributed by atoms with E-state index < -0.39 is 0 Å². The summed E-state index contributed by atoms with van der Waals surface area (Å²) in [7, 11) is 0. The molecule has 17 heavy (non-hydrogen) atoms. The van der Waals surface area contributed by atoms with Crippen LogP contribution in [0.4, 0.5) is 11.4 Å². The molecule has 0 aliphatic heterocycles. The molecule has 0 bridgehead atoms. The van der Waals surface area contributed by atoms with Gasteiger partial charge in [-0.15, -0.1) is 0 Å². The van der Waals surface area contributed by atoms with Crippen molar-refractivity contribution in [3.63, 3.8) is 0 Å². The van der Waals surface area contributed by atoms with E-state index in [1.807, 2.05) is 24.3 Å². The number of hydrogen-bond acceptors (Lipinski definition) is 3. The smallest absolute Gasteiger partial charge is 0.123 e. The van der Waals surface area contributed by atoms with E-state index in [1.54, 1.807) is 6.26 Å². The van der Waals surface area contributed by atoms with Gasteiger partial charge in [-0.2, -0.15) is 0 Å². The summed E-state index contributed by atoms with van der Waals surface area (Å²) in [6.07, 6.45) is 1.70. The number of hydrogen-bond donors (Lipinski definition) is 1. The minimum atomic E-state index is 0.749. The van der Waals surface area contributed by atoms with Crippen molar-refractivity contribution in [3.8, 4) is 0 Å². The SMILES string of the molecule is CCN(Cc1ccco1)c1c(C)cccc1N. The van der Waals surface area contributed by atoms with E-state index in [1.165, 1.54) is 5.56 Å². The molecule has 1 heterocycles. The maximum absolute atomic E-state index is 6.05. The third-order valence-electron chi connectivity index (χ3n) is 2.89. The van der Waals surface area contributed by atoms with Crippen LogP contribution < -0.4 is 10.6 Å². The lowest BCUT2D eigenvalue weighted by atomic mass is 10.1. The highest BCUT2D eigenvalue weighted by Crippen LogP contribution is 2.28. The summed E-state index contributed by atoms with van der Waals surface area (Å²) in [4.78, 5) is 2.23. The van der Waals surface area contributed by atoms with E-state index in [2.05, 4.69) is 24.8 Å². The molecule has 0 radical (unpaired) electrons. The van der Waals surface area contributed by atoms with Gasteiger partial charge in [0.15, 0.2) is 0 Å². The van der Waals surface area contributed by atoms with E-state index >= 15 is 0 Å². The van der Waals surface area contributed by atoms with Crippen molar-refractivity contribution in [2.75, 3.05) is 17.2 Å². The molecule has 0 saturated heterocycles. The topological polar surface area (TPSA) is 42.4 Å². The second-order valence-electron chi connectivity index (χ2n) is 4.11. The summed E-state index contributed by atoms with van der Waals surface area (Å²) < 4.78 is 5.38. The Balaban J connectivity index is 2.29. The van der Waals surface area contributed by atoms with Gasteiger partial charge in [0.2, 0.25) is 0 Å². The number of nitrogens with two attached hydrogens (primary N) is 1. The first-order valence-electron chi connectivity index (χ1n) is 5.84. The molecule has 3 heteroatoms. The molecule has 0 atom stereocenters. The monoisotopic (exact) mass is 230 g/mol. The molecule has 0 saturated carbocycles. The fraction of sp³-hybridized carbons (Fsp3) is 0.286. The molecule has 0 spiro atoms. The van der Waals surface area contributed by atoms with Crippen LogP contribution in [0.2, 0.25) is 0 Å². The van der Waals surface area contributed by atoms with Gasteiger partial charge >= 0.3 is 0 Å². The van der Waals surface area contributed by atoms with Crippen LogP contribution in [-0.4, -0.2) is 6.54 Å². The summed E-state index contributed by atoms with van der Waals surface area (Å²) in [5.41, 5.74) is 9.17. The summed E-state index contributed by atoms with van der Waals surface area (Å²) in [5, 5.41) is 0. The van der Waals surface area contributed by atoms with E-state index in [0.29, 0.717) is 0 Å². The standard InChI is InChI=1S/C14H18N2O/c1-3-16(10-12-7-5-9-17-12)14-11(2)6-4-8-13(14)15/h4-9H,3,10,15H2,1-2H3. The van der Waals surface area contributed by atoms with Gasteiger partial charge in [-0.1, -0.05) is 12.1 Å². The van der Waals surface area contributed by atoms with Gasteiger partial charge in [-0.25, -0.2) is 0 Å². The highest BCUT2D eigenvalue weighted by molar-refractivity contribution is 5.71. The third-order valence-corrected chi connectivity index (χ3v) is 2.89. The predicted octanol–water partition coefficient (Wildman–Crippen LogP) is 3.20. The maximum Gasteiger partial charge on any atom is 0.123 e. The number of nitrogens with zero attached hydrogens (tertiary/aromatic N) is 1. The minimum Gasteiger partial charge on any atom is -0.467 e. The van der Waals surface area contributed by atoms with Gasteiger partial charge in [0.25, 0.3) is 0 Å². The Kier molecular flexibility index (Phi) is 3.38. The average molecular weight is 230 g/mol. The number of aryl methyl sites for hydroxylation is 1. The Morgan fingerprint density at radius 2 is 2.06 bits per heavy atom. The molecular formula is C14H18N2O. The fourth-order valence-electron chi connectivity index (χ4n) is 2.05. The van der Waals surface area contributed by atoms with Crippen molar-refractivity contribution >= 4 is 11.4 Å². The number of nitrogen functional groups attached to an aromatic ring is 1. The lowest BCUT2D eigenvalue weighted by molar-refractivity contribution is 0.503. The largest absolute Gasteiger partial charge is 0.467 e. The van der Waals surface area contributed by atoms with E-state index in [9.17, 15) is 0 Å². The number of benzene rings is 1. The molecule has 0 aliphatic rings. The molecule has 0 unspecified atom stereocenters. The van der Waals surface area contributed by atoms with Gasteiger partial charge in [0.1, 0.15) is 5.76 Å². The molecule has 0 fully saturated rings. The molecule has 0 aliphatic carbocycles. The molecule has 2 rings (SSSR count). The Hall–Kier alpha value is -1.90. The normalized spacial score (nSPS) is 10.5. The quantitative estimate of drug-likeness (QED) is 0.820. The van der Waals surface area contributed by atoms with Crippen LogP contribution in [-0.2, 0) is 6.54 Å². The summed E-state index contributed by atoms with van der Waals surface area (Å²) in [6, 6.07) is 9.89. The second kappa shape index (κ2) is 4.95. The summed E-state index contributed by atoms with van der Waals surface area (Å²) in [5.74, 6) is 0.953. The van der Waals surface area contributed by atoms with Crippen molar-refractivity contribution < 1.29 is 4.42 Å². The van der Waals surface area contributed by atoms with Gasteiger partial charge in [0.05, 0.1) is 24.2 Å². The van der Waals surface area contributed by atoms with Gasteiger partial charge in [-0.05, 0) is 37.6 Å². The van der Waals surface area contributed by atoms with Gasteiger partial charge < -0.3 is 15.1 Å². The van der Waals surface area contributed by atoms with Crippen LogP contribution in [0.15, 0.2) is 41.0 Å². The van der Waals surface area contributed by atoms with Crippen LogP contribution in [0.25, 0.3) is 0 Å². The van der Waals surface area contributed by atoms with Gasteiger partial charge in [0, 0.05) is 6.54 Å². The molecule has 2 aromatic rings. The Morgan fingerprint density at radius 3 is 2.65 bits per heavy atom. The lowest BCUT2D eigenvalue weighted by Crippen LogP contribution is -2.23. The highest BCUT2D eigenvalue weighted by atomic mass is 16.3. The maximum atomic E-state index is 6.05. The van der Waals surface area contributed by atoms with E-state index in [0.717, 1.165) is 30.2 Å². The van der Waals surface area contributed by atoms with Crippen LogP contribution in [0.5, 0.6) is 0 Å². The zero-order chi connectivity index (χ0) is 12.3. The van der Waals surface area contributed by atoms with Crippen molar-refractivity contribution in [1.29, 1.82) is 0 Å². The average Bonchev–Trinajstić information content (AvgIpc) is 2.80. The number of rotatable bonds is 4. The van der Waals surface area contributed by atoms with Crippen molar-refractivity contribution in [1.82, 2.24) is 0 Å². The van der Waals surface area contributed by atoms with Crippen LogP contribution in [0, 0.1) is 6.92 Å². The molecule has 1 aromatic carbocycles. The molecule has 2 N–H and O–H groups in total. The number of anilines is 2. The third kappa shape index (κ3) is 2.44. The Morgan fingerprint density at radius 1 is 1.24 bits per heavy atom. The van der Waals surface area contributed by atoms with Gasteiger partial charge in [-0.3, -0.25) is 0 Å². The van der Waals surface area contributed by atoms with E-state index in [4.69, 9.17) is 10.2 Å². The summed E-state index contributed by atoms with van der Waals surface area (Å²) >= 11 is 0. The van der Waals surface area contributed by atoms with Crippen molar-refractivity contribution in [3.05, 3.63) is 47.9 Å². The molecule has 1 aromatic heterocycles. The Labute approximate surface area is 102 Å². The first-order valence-corrected chi connectivity index (χ1v) is 5.84. The van der Waals surface area contributed by atoms with E-state index in [-0.39, 0.29) is 0 Å². The zero-order valence-electron chi connectivity index (χ0n) is 10.3. The van der Waals surface area contributed by atoms with Crippen LogP contribution in [0.1, 0.15) is 18.2 Å². The highest BCUT2D eigenvalue weighted by Gasteiger charge is 2.12. The second-order valence-corrected chi connectivity index (χ2v) is 4.11. The first-order chi connectivity index (χ1) is 8.22. The minimum absolute atomic E-state index is 0.749. The fourth-order valence-corrected chi connectivity index (χ4v) is 2.05. The Bertz CT molecular complexity index is 457. The van der Waals surface area contributed by atoms with Crippen LogP contribution in [0.3, 0.4) is 0 Å². The van der Waals surface area contributed by atoms with Crippen molar-refractivity contribution in [2.24, 2.45) is 0 Å². The lowest BCUT2D eigenvalue weighted by Gasteiger charge is -2.25. The molecular weight excluding hydrogens is 212 g/mol. The molecule has 90 valence electrons. The summed E-state index contributed by atoms with van der Waals surface area (Å²) in [6.45, 7) is 5.85. The molecule has 3 nitrogen and oxygen atoms in total. The molecule has 0 amide bonds. The van der Waals surface area contributed by atoms with Crippen molar-refractivity contribution in [2.45, 2.75) is 20.4 Å². The first kappa shape index (κ1) is 11.6. The number of para-hydroxylation sites is 1. The number of furan rings is 1. The zero-order valence-corrected chi connectivity index (χ0v) is 10.3. The predicted molar refractivity (Wildman–Crippen MR) is 71.0 cm³/mol.